The summed E-state index contributed by atoms with van der Waals surface area (Å²) >= 11 is 1.31. The van der Waals surface area contributed by atoms with E-state index in [1.54, 1.807) is 18.4 Å². The van der Waals surface area contributed by atoms with Crippen LogP contribution in [0.25, 0.3) is 6.08 Å². The maximum atomic E-state index is 13.8. The minimum atomic E-state index is -0.714. The predicted molar refractivity (Wildman–Crippen MR) is 143 cm³/mol. The van der Waals surface area contributed by atoms with E-state index < -0.39 is 12.0 Å². The largest absolute Gasteiger partial charge is 0.491 e. The highest BCUT2D eigenvalue weighted by Crippen LogP contribution is 2.36. The molecule has 1 atom stereocenters. The molecular formula is C28H31N3O4S. The second-order valence-electron chi connectivity index (χ2n) is 8.99. The van der Waals surface area contributed by atoms with E-state index in [0.717, 1.165) is 11.3 Å². The number of hydrogen-bond donors (Lipinski definition) is 0. The molecule has 0 N–H and O–H groups in total. The summed E-state index contributed by atoms with van der Waals surface area (Å²) in [5.41, 5.74) is 3.35. The van der Waals surface area contributed by atoms with Crippen LogP contribution in [0.2, 0.25) is 0 Å². The summed E-state index contributed by atoms with van der Waals surface area (Å²) in [7, 11) is 3.97. The van der Waals surface area contributed by atoms with Gasteiger partial charge in [0.15, 0.2) is 4.80 Å². The first kappa shape index (κ1) is 25.4. The van der Waals surface area contributed by atoms with Crippen LogP contribution < -0.4 is 24.5 Å². The number of thiazole rings is 1. The van der Waals surface area contributed by atoms with Crippen molar-refractivity contribution in [3.05, 3.63) is 90.6 Å². The Labute approximate surface area is 214 Å². The molecule has 36 heavy (non-hydrogen) atoms. The number of hydrogen-bond acceptors (Lipinski definition) is 7. The van der Waals surface area contributed by atoms with Crippen molar-refractivity contribution in [3.8, 4) is 5.75 Å². The number of aromatic nitrogens is 1. The molecule has 0 fully saturated rings. The first-order valence-electron chi connectivity index (χ1n) is 11.9. The van der Waals surface area contributed by atoms with Crippen molar-refractivity contribution < 1.29 is 14.3 Å². The van der Waals surface area contributed by atoms with Gasteiger partial charge in [0.05, 0.1) is 28.5 Å². The number of carbonyl (C=O) groups is 1. The van der Waals surface area contributed by atoms with Gasteiger partial charge in [-0.25, -0.2) is 9.79 Å². The molecule has 0 saturated heterocycles. The van der Waals surface area contributed by atoms with Crippen molar-refractivity contribution >= 4 is 29.1 Å². The number of esters is 1. The number of ether oxygens (including phenoxy) is 2. The van der Waals surface area contributed by atoms with Crippen LogP contribution in [0.3, 0.4) is 0 Å². The quantitative estimate of drug-likeness (QED) is 0.459. The summed E-state index contributed by atoms with van der Waals surface area (Å²) in [5, 5.41) is 0. The molecule has 3 aromatic rings. The molecule has 0 aliphatic carbocycles. The number of fused-ring (bicyclic) bond motifs is 1. The van der Waals surface area contributed by atoms with Crippen molar-refractivity contribution in [1.29, 1.82) is 0 Å². The minimum absolute atomic E-state index is 0.0803. The lowest BCUT2D eigenvalue weighted by Gasteiger charge is -2.26. The Hall–Kier alpha value is -3.65. The highest BCUT2D eigenvalue weighted by atomic mass is 32.1. The summed E-state index contributed by atoms with van der Waals surface area (Å²) < 4.78 is 13.6. The van der Waals surface area contributed by atoms with Crippen LogP contribution in [-0.2, 0) is 9.53 Å². The lowest BCUT2D eigenvalue weighted by atomic mass is 9.95. The first-order chi connectivity index (χ1) is 17.2. The monoisotopic (exact) mass is 505 g/mol. The maximum absolute atomic E-state index is 13.8. The van der Waals surface area contributed by atoms with Crippen molar-refractivity contribution in [1.82, 2.24) is 4.57 Å². The van der Waals surface area contributed by atoms with Crippen molar-refractivity contribution in [3.63, 3.8) is 0 Å². The second kappa shape index (κ2) is 10.5. The van der Waals surface area contributed by atoms with Crippen molar-refractivity contribution in [2.24, 2.45) is 4.99 Å². The first-order valence-corrected chi connectivity index (χ1v) is 12.8. The van der Waals surface area contributed by atoms with Gasteiger partial charge in [-0.3, -0.25) is 9.36 Å². The summed E-state index contributed by atoms with van der Waals surface area (Å²) in [6, 6.07) is 14.8. The van der Waals surface area contributed by atoms with Gasteiger partial charge < -0.3 is 14.4 Å². The van der Waals surface area contributed by atoms with E-state index in [4.69, 9.17) is 9.47 Å². The standard InChI is InChI=1S/C28H31N3O4S/c1-7-34-27(33)24-18(4)29-28-31(25(24)21-10-8-9-11-22(21)35-17(2)3)26(32)23(36-28)16-19-12-14-20(15-13-19)30(5)6/h8-17,25H,7H2,1-6H3/b23-16+/t25-/m0/s1. The third-order valence-electron chi connectivity index (χ3n) is 5.80. The van der Waals surface area contributed by atoms with Gasteiger partial charge in [-0.05, 0) is 57.5 Å². The van der Waals surface area contributed by atoms with Gasteiger partial charge in [-0.1, -0.05) is 41.7 Å². The molecule has 0 radical (unpaired) electrons. The number of nitrogens with zero attached hydrogens (tertiary/aromatic N) is 3. The molecule has 0 spiro atoms. The molecule has 2 heterocycles. The topological polar surface area (TPSA) is 73.1 Å². The molecule has 1 aliphatic heterocycles. The Morgan fingerprint density at radius 3 is 2.50 bits per heavy atom. The van der Waals surface area contributed by atoms with E-state index in [1.807, 2.05) is 87.4 Å². The van der Waals surface area contributed by atoms with Crippen LogP contribution in [0.15, 0.2) is 69.6 Å². The molecule has 8 heteroatoms. The lowest BCUT2D eigenvalue weighted by Crippen LogP contribution is -2.40. The van der Waals surface area contributed by atoms with Gasteiger partial charge in [-0.2, -0.15) is 0 Å². The van der Waals surface area contributed by atoms with E-state index in [9.17, 15) is 9.59 Å². The molecule has 0 amide bonds. The van der Waals surface area contributed by atoms with E-state index in [1.165, 1.54) is 11.3 Å². The summed E-state index contributed by atoms with van der Waals surface area (Å²) in [6.07, 6.45) is 1.78. The zero-order chi connectivity index (χ0) is 26.0. The summed E-state index contributed by atoms with van der Waals surface area (Å²) in [5.74, 6) is 0.125. The number of benzene rings is 2. The van der Waals surface area contributed by atoms with Crippen LogP contribution in [0.1, 0.15) is 44.9 Å². The number of rotatable bonds is 7. The SMILES string of the molecule is CCOC(=O)C1=C(C)N=c2s/c(=C/c3ccc(N(C)C)cc3)c(=O)n2[C@H]1c1ccccc1OC(C)C. The zero-order valence-electron chi connectivity index (χ0n) is 21.4. The van der Waals surface area contributed by atoms with Crippen LogP contribution >= 0.6 is 11.3 Å². The van der Waals surface area contributed by atoms with E-state index in [-0.39, 0.29) is 18.3 Å². The third-order valence-corrected chi connectivity index (χ3v) is 6.78. The van der Waals surface area contributed by atoms with Gasteiger partial charge in [0.2, 0.25) is 0 Å². The van der Waals surface area contributed by atoms with E-state index in [0.29, 0.717) is 31.9 Å². The average molecular weight is 506 g/mol. The summed E-state index contributed by atoms with van der Waals surface area (Å²) in [6.45, 7) is 7.64. The van der Waals surface area contributed by atoms with Crippen LogP contribution in [0.5, 0.6) is 5.75 Å². The molecule has 7 nitrogen and oxygen atoms in total. The van der Waals surface area contributed by atoms with Crippen molar-refractivity contribution in [2.45, 2.75) is 39.8 Å². The van der Waals surface area contributed by atoms with Gasteiger partial charge in [0.1, 0.15) is 11.8 Å². The fraction of sp³-hybridized carbons (Fsp3) is 0.321. The number of anilines is 1. The number of allylic oxidation sites excluding steroid dienone is 1. The van der Waals surface area contributed by atoms with Gasteiger partial charge in [-0.15, -0.1) is 0 Å². The maximum Gasteiger partial charge on any atom is 0.338 e. The van der Waals surface area contributed by atoms with Crippen LogP contribution in [0.4, 0.5) is 5.69 Å². The fourth-order valence-corrected chi connectivity index (χ4v) is 5.22. The second-order valence-corrected chi connectivity index (χ2v) is 10.0. The molecule has 1 aromatic heterocycles. The van der Waals surface area contributed by atoms with E-state index in [2.05, 4.69) is 4.99 Å². The van der Waals surface area contributed by atoms with Crippen LogP contribution in [-0.4, -0.2) is 37.3 Å². The van der Waals surface area contributed by atoms with Crippen molar-refractivity contribution in [2.75, 3.05) is 25.6 Å². The fourth-order valence-electron chi connectivity index (χ4n) is 4.17. The van der Waals surface area contributed by atoms with Gasteiger partial charge in [0.25, 0.3) is 5.56 Å². The third kappa shape index (κ3) is 4.99. The lowest BCUT2D eigenvalue weighted by molar-refractivity contribution is -0.139. The Bertz CT molecular complexity index is 1480. The average Bonchev–Trinajstić information content (AvgIpc) is 3.13. The predicted octanol–water partition coefficient (Wildman–Crippen LogP) is 3.65. The molecular weight excluding hydrogens is 474 g/mol. The highest BCUT2D eigenvalue weighted by molar-refractivity contribution is 7.07. The Morgan fingerprint density at radius 2 is 1.86 bits per heavy atom. The molecule has 4 rings (SSSR count). The molecule has 2 aromatic carbocycles. The molecule has 0 bridgehead atoms. The van der Waals surface area contributed by atoms with Crippen LogP contribution in [0, 0.1) is 0 Å². The number of para-hydroxylation sites is 1. The van der Waals surface area contributed by atoms with E-state index >= 15 is 0 Å². The Balaban J connectivity index is 1.93. The normalized spacial score (nSPS) is 15.5. The Morgan fingerprint density at radius 1 is 1.17 bits per heavy atom. The molecule has 1 aliphatic rings. The smallest absolute Gasteiger partial charge is 0.338 e. The molecule has 188 valence electrons. The zero-order valence-corrected chi connectivity index (χ0v) is 22.3. The summed E-state index contributed by atoms with van der Waals surface area (Å²) in [4.78, 5) is 34.1. The minimum Gasteiger partial charge on any atom is -0.491 e. The van der Waals surface area contributed by atoms with Gasteiger partial charge in [0, 0.05) is 25.3 Å². The molecule has 0 unspecified atom stereocenters. The van der Waals surface area contributed by atoms with Gasteiger partial charge >= 0.3 is 5.97 Å². The highest BCUT2D eigenvalue weighted by Gasteiger charge is 2.35. The molecule has 0 saturated carbocycles. The number of carbonyl (C=O) groups excluding carboxylic acids is 1. The Kier molecular flexibility index (Phi) is 7.45.